The zero-order valence-corrected chi connectivity index (χ0v) is 5.97. The lowest BCUT2D eigenvalue weighted by molar-refractivity contribution is -0.177. The summed E-state index contributed by atoms with van der Waals surface area (Å²) in [5.41, 5.74) is 5.75. The van der Waals surface area contributed by atoms with Crippen LogP contribution in [-0.4, -0.2) is 30.2 Å². The van der Waals surface area contributed by atoms with Gasteiger partial charge in [0.15, 0.2) is 0 Å². The minimum absolute atomic E-state index is 0.232. The van der Waals surface area contributed by atoms with Gasteiger partial charge in [0.05, 0.1) is 0 Å². The Morgan fingerprint density at radius 2 is 1.83 bits per heavy atom. The molecule has 0 aliphatic heterocycles. The number of urea groups is 1. The second kappa shape index (κ2) is 3.28. The molecule has 0 atom stereocenters. The number of hydrogen-bond donors (Lipinski definition) is 2. The van der Waals surface area contributed by atoms with Crippen molar-refractivity contribution in [3.05, 3.63) is 0 Å². The SMILES string of the molecule is CN(NC(=O)C(F)(F)F)C(N)=O. The second-order valence-corrected chi connectivity index (χ2v) is 1.84. The Balaban J connectivity index is 4.11. The Morgan fingerprint density at radius 3 is 2.08 bits per heavy atom. The summed E-state index contributed by atoms with van der Waals surface area (Å²) >= 11 is 0. The summed E-state index contributed by atoms with van der Waals surface area (Å²) in [6.07, 6.45) is -5.02. The van der Waals surface area contributed by atoms with Crippen molar-refractivity contribution < 1.29 is 22.8 Å². The summed E-state index contributed by atoms with van der Waals surface area (Å²) in [6, 6.07) is -1.19. The first-order valence-electron chi connectivity index (χ1n) is 2.66. The molecule has 3 N–H and O–H groups in total. The molecule has 0 heterocycles. The van der Waals surface area contributed by atoms with Crippen molar-refractivity contribution in [2.24, 2.45) is 5.73 Å². The smallest absolute Gasteiger partial charge is 0.350 e. The predicted molar refractivity (Wildman–Crippen MR) is 31.5 cm³/mol. The number of primary amides is 1. The first-order valence-corrected chi connectivity index (χ1v) is 2.66. The maximum absolute atomic E-state index is 11.5. The highest BCUT2D eigenvalue weighted by Gasteiger charge is 2.39. The van der Waals surface area contributed by atoms with Crippen LogP contribution in [0.4, 0.5) is 18.0 Å². The normalized spacial score (nSPS) is 10.7. The van der Waals surface area contributed by atoms with E-state index in [9.17, 15) is 22.8 Å². The molecule has 0 bridgehead atoms. The molecule has 0 saturated carbocycles. The first-order chi connectivity index (χ1) is 5.25. The van der Waals surface area contributed by atoms with Gasteiger partial charge in [0.1, 0.15) is 0 Å². The van der Waals surface area contributed by atoms with E-state index in [0.717, 1.165) is 7.05 Å². The van der Waals surface area contributed by atoms with E-state index in [4.69, 9.17) is 0 Å². The minimum atomic E-state index is -5.02. The van der Waals surface area contributed by atoms with E-state index >= 15 is 0 Å². The lowest BCUT2D eigenvalue weighted by atomic mass is 10.6. The number of rotatable bonds is 0. The van der Waals surface area contributed by atoms with Crippen molar-refractivity contribution in [2.75, 3.05) is 7.05 Å². The van der Waals surface area contributed by atoms with Gasteiger partial charge < -0.3 is 5.73 Å². The third kappa shape index (κ3) is 3.08. The summed E-state index contributed by atoms with van der Waals surface area (Å²) in [4.78, 5) is 20.2. The van der Waals surface area contributed by atoms with Crippen LogP contribution >= 0.6 is 0 Å². The summed E-state index contributed by atoms with van der Waals surface area (Å²) < 4.78 is 34.4. The fourth-order valence-electron chi connectivity index (χ4n) is 0.271. The Labute approximate surface area is 65.3 Å². The summed E-state index contributed by atoms with van der Waals surface area (Å²) in [5.74, 6) is -2.25. The van der Waals surface area contributed by atoms with Crippen LogP contribution in [0.1, 0.15) is 0 Å². The Morgan fingerprint density at radius 1 is 1.42 bits per heavy atom. The highest BCUT2D eigenvalue weighted by Crippen LogP contribution is 2.13. The quantitative estimate of drug-likeness (QED) is 0.503. The molecule has 12 heavy (non-hydrogen) atoms. The van der Waals surface area contributed by atoms with Crippen LogP contribution in [0.2, 0.25) is 0 Å². The molecule has 3 amide bonds. The number of hydrazine groups is 1. The zero-order chi connectivity index (χ0) is 9.94. The molecular weight excluding hydrogens is 179 g/mol. The van der Waals surface area contributed by atoms with E-state index in [1.807, 2.05) is 0 Å². The largest absolute Gasteiger partial charge is 0.472 e. The van der Waals surface area contributed by atoms with Crippen molar-refractivity contribution in [1.29, 1.82) is 0 Å². The van der Waals surface area contributed by atoms with Crippen molar-refractivity contribution in [3.63, 3.8) is 0 Å². The highest BCUT2D eigenvalue weighted by atomic mass is 19.4. The molecule has 5 nitrogen and oxygen atoms in total. The molecular formula is C4H6F3N3O2. The fraction of sp³-hybridized carbons (Fsp3) is 0.500. The van der Waals surface area contributed by atoms with E-state index in [0.29, 0.717) is 0 Å². The topological polar surface area (TPSA) is 75.4 Å². The van der Waals surface area contributed by atoms with E-state index in [-0.39, 0.29) is 5.01 Å². The predicted octanol–water partition coefficient (Wildman–Crippen LogP) is -0.410. The van der Waals surface area contributed by atoms with Gasteiger partial charge >= 0.3 is 18.1 Å². The van der Waals surface area contributed by atoms with E-state index in [1.165, 1.54) is 5.43 Å². The third-order valence-electron chi connectivity index (χ3n) is 0.857. The van der Waals surface area contributed by atoms with Crippen LogP contribution in [-0.2, 0) is 4.79 Å². The number of nitrogens with two attached hydrogens (primary N) is 1. The molecule has 0 fully saturated rings. The van der Waals surface area contributed by atoms with Crippen LogP contribution in [0.25, 0.3) is 0 Å². The van der Waals surface area contributed by atoms with Gasteiger partial charge in [-0.15, -0.1) is 0 Å². The number of hydrogen-bond acceptors (Lipinski definition) is 2. The van der Waals surface area contributed by atoms with Gasteiger partial charge in [-0.3, -0.25) is 10.2 Å². The maximum Gasteiger partial charge on any atom is 0.472 e. The van der Waals surface area contributed by atoms with Gasteiger partial charge in [0, 0.05) is 7.05 Å². The van der Waals surface area contributed by atoms with Crippen molar-refractivity contribution in [2.45, 2.75) is 6.18 Å². The Kier molecular flexibility index (Phi) is 2.88. The van der Waals surface area contributed by atoms with Gasteiger partial charge in [-0.1, -0.05) is 0 Å². The van der Waals surface area contributed by atoms with Gasteiger partial charge in [0.25, 0.3) is 0 Å². The number of halogens is 3. The molecule has 0 aliphatic carbocycles. The second-order valence-electron chi connectivity index (χ2n) is 1.84. The monoisotopic (exact) mass is 185 g/mol. The number of carbonyl (C=O) groups is 2. The number of amides is 3. The van der Waals surface area contributed by atoms with Gasteiger partial charge in [-0.2, -0.15) is 13.2 Å². The lowest BCUT2D eigenvalue weighted by Crippen LogP contribution is -2.50. The molecule has 0 aromatic carbocycles. The van der Waals surface area contributed by atoms with E-state index < -0.39 is 18.1 Å². The summed E-state index contributed by atoms with van der Waals surface area (Å²) in [7, 11) is 0.895. The van der Waals surface area contributed by atoms with E-state index in [1.54, 1.807) is 0 Å². The summed E-state index contributed by atoms with van der Waals surface area (Å²) in [5, 5.41) is 0.232. The molecule has 0 aromatic rings. The number of carbonyl (C=O) groups excluding carboxylic acids is 2. The Hall–Kier alpha value is -1.47. The molecule has 8 heteroatoms. The van der Waals surface area contributed by atoms with Crippen LogP contribution in [0.3, 0.4) is 0 Å². The molecule has 0 rings (SSSR count). The molecule has 0 spiro atoms. The molecule has 0 aliphatic rings. The molecule has 0 radical (unpaired) electrons. The number of nitrogens with zero attached hydrogens (tertiary/aromatic N) is 1. The van der Waals surface area contributed by atoms with E-state index in [2.05, 4.69) is 5.73 Å². The zero-order valence-electron chi connectivity index (χ0n) is 5.97. The third-order valence-corrected chi connectivity index (χ3v) is 0.857. The average Bonchev–Trinajstić information content (AvgIpc) is 1.85. The van der Waals surface area contributed by atoms with Crippen molar-refractivity contribution in [1.82, 2.24) is 10.4 Å². The average molecular weight is 185 g/mol. The first kappa shape index (κ1) is 10.5. The van der Waals surface area contributed by atoms with Crippen LogP contribution < -0.4 is 11.2 Å². The minimum Gasteiger partial charge on any atom is -0.350 e. The molecule has 0 saturated heterocycles. The van der Waals surface area contributed by atoms with Gasteiger partial charge in [-0.25, -0.2) is 9.80 Å². The van der Waals surface area contributed by atoms with Crippen LogP contribution in [0.5, 0.6) is 0 Å². The van der Waals surface area contributed by atoms with Gasteiger partial charge in [0.2, 0.25) is 0 Å². The molecule has 0 aromatic heterocycles. The highest BCUT2D eigenvalue weighted by molar-refractivity contribution is 5.84. The van der Waals surface area contributed by atoms with Crippen LogP contribution in [0, 0.1) is 0 Å². The standard InChI is InChI=1S/C4H6F3N3O2/c1-10(3(8)12)9-2(11)4(5,6)7/h1H3,(H2,8,12)(H,9,11). The maximum atomic E-state index is 11.5. The summed E-state index contributed by atoms with van der Waals surface area (Å²) in [6.45, 7) is 0. The molecule has 70 valence electrons. The lowest BCUT2D eigenvalue weighted by Gasteiger charge is -2.16. The fourth-order valence-corrected chi connectivity index (χ4v) is 0.271. The number of alkyl halides is 3. The van der Waals surface area contributed by atoms with Gasteiger partial charge in [-0.05, 0) is 0 Å². The van der Waals surface area contributed by atoms with Crippen molar-refractivity contribution in [3.8, 4) is 0 Å². The molecule has 0 unspecified atom stereocenters. The van der Waals surface area contributed by atoms with Crippen molar-refractivity contribution >= 4 is 11.9 Å². The number of nitrogens with one attached hydrogen (secondary N) is 1. The van der Waals surface area contributed by atoms with Crippen LogP contribution in [0.15, 0.2) is 0 Å². The Bertz CT molecular complexity index is 202.